The highest BCUT2D eigenvalue weighted by molar-refractivity contribution is 5.95. The van der Waals surface area contributed by atoms with Crippen LogP contribution in [0.3, 0.4) is 0 Å². The molecule has 190 valence electrons. The van der Waals surface area contributed by atoms with Gasteiger partial charge in [0.15, 0.2) is 12.6 Å². The highest BCUT2D eigenvalue weighted by atomic mass is 16.5. The smallest absolute Gasteiger partial charge is 0.157 e. The van der Waals surface area contributed by atoms with Crippen molar-refractivity contribution >= 4 is 12.6 Å². The molecule has 0 saturated heterocycles. The van der Waals surface area contributed by atoms with Gasteiger partial charge >= 0.3 is 0 Å². The molecule has 3 N–H and O–H groups in total. The molecule has 2 saturated carbocycles. The highest BCUT2D eigenvalue weighted by Crippen LogP contribution is 2.70. The number of carbonyl (C=O) groups excluding carboxylic acids is 2. The van der Waals surface area contributed by atoms with Gasteiger partial charge in [0.1, 0.15) is 23.4 Å². The molecule has 36 heavy (non-hydrogen) atoms. The SMILES string of the molecule is C=C1CC[C@@H]2[C@H]([C@@H]3Oc4c(C=O)c(O)c(C=O)c(O)c4[C@H](c4ccccc4)[C@@]3(C)CC[C@H]1O)C2(C)C. The van der Waals surface area contributed by atoms with Crippen molar-refractivity contribution in [2.24, 2.45) is 22.7 Å². The van der Waals surface area contributed by atoms with Crippen molar-refractivity contribution in [1.82, 2.24) is 0 Å². The Bertz CT molecular complexity index is 1230. The van der Waals surface area contributed by atoms with Crippen molar-refractivity contribution in [2.75, 3.05) is 0 Å². The van der Waals surface area contributed by atoms with Crippen LogP contribution in [0.4, 0.5) is 0 Å². The van der Waals surface area contributed by atoms with Crippen molar-refractivity contribution in [3.63, 3.8) is 0 Å². The Balaban J connectivity index is 1.81. The van der Waals surface area contributed by atoms with Gasteiger partial charge in [0.05, 0.1) is 17.2 Å². The Hall–Kier alpha value is -3.12. The summed E-state index contributed by atoms with van der Waals surface area (Å²) in [6, 6.07) is 9.69. The maximum atomic E-state index is 12.2. The number of ether oxygens (including phenoxy) is 1. The lowest BCUT2D eigenvalue weighted by atomic mass is 9.60. The van der Waals surface area contributed by atoms with Crippen LogP contribution in [0.15, 0.2) is 42.5 Å². The van der Waals surface area contributed by atoms with Crippen LogP contribution in [0.2, 0.25) is 0 Å². The van der Waals surface area contributed by atoms with Crippen LogP contribution in [-0.4, -0.2) is 40.1 Å². The van der Waals surface area contributed by atoms with Gasteiger partial charge in [0.2, 0.25) is 0 Å². The number of phenolic OH excluding ortho intramolecular Hbond substituents is 2. The van der Waals surface area contributed by atoms with E-state index in [0.717, 1.165) is 24.0 Å². The number of carbonyl (C=O) groups is 2. The number of aliphatic hydroxyl groups excluding tert-OH is 1. The van der Waals surface area contributed by atoms with Gasteiger partial charge in [0, 0.05) is 22.8 Å². The van der Waals surface area contributed by atoms with Crippen LogP contribution in [0, 0.1) is 22.7 Å². The number of hydrogen-bond acceptors (Lipinski definition) is 6. The summed E-state index contributed by atoms with van der Waals surface area (Å²) in [5.41, 5.74) is 1.01. The molecule has 6 atom stereocenters. The molecule has 0 bridgehead atoms. The molecule has 0 radical (unpaired) electrons. The van der Waals surface area contributed by atoms with E-state index < -0.39 is 23.2 Å². The van der Waals surface area contributed by atoms with Gasteiger partial charge in [-0.2, -0.15) is 0 Å². The Morgan fingerprint density at radius 2 is 1.67 bits per heavy atom. The number of aromatic hydroxyl groups is 2. The van der Waals surface area contributed by atoms with Crippen molar-refractivity contribution in [2.45, 2.75) is 64.6 Å². The number of aliphatic hydroxyl groups is 1. The molecular weight excluding hydrogens is 456 g/mol. The van der Waals surface area contributed by atoms with E-state index in [9.17, 15) is 24.9 Å². The summed E-state index contributed by atoms with van der Waals surface area (Å²) in [5.74, 6) is -0.736. The summed E-state index contributed by atoms with van der Waals surface area (Å²) in [5, 5.41) is 33.0. The third kappa shape index (κ3) is 3.41. The number of phenols is 2. The van der Waals surface area contributed by atoms with Crippen molar-refractivity contribution < 1.29 is 29.6 Å². The number of aldehydes is 2. The molecule has 1 heterocycles. The number of benzene rings is 2. The first-order chi connectivity index (χ1) is 17.1. The lowest BCUT2D eigenvalue weighted by Gasteiger charge is -2.50. The average Bonchev–Trinajstić information content (AvgIpc) is 3.40. The predicted octanol–water partition coefficient (Wildman–Crippen LogP) is 5.39. The zero-order valence-electron chi connectivity index (χ0n) is 21.0. The van der Waals surface area contributed by atoms with E-state index >= 15 is 0 Å². The number of rotatable bonds is 3. The van der Waals surface area contributed by atoms with Gasteiger partial charge in [-0.1, -0.05) is 57.7 Å². The van der Waals surface area contributed by atoms with E-state index in [2.05, 4.69) is 27.4 Å². The largest absolute Gasteiger partial charge is 0.507 e. The summed E-state index contributed by atoms with van der Waals surface area (Å²) in [6.07, 6.45) is 2.56. The van der Waals surface area contributed by atoms with Crippen molar-refractivity contribution in [3.8, 4) is 17.2 Å². The second kappa shape index (κ2) is 8.48. The number of hydrogen-bond donors (Lipinski definition) is 3. The van der Waals surface area contributed by atoms with E-state index in [1.54, 1.807) is 0 Å². The quantitative estimate of drug-likeness (QED) is 0.394. The molecule has 0 aromatic heterocycles. The molecule has 5 rings (SSSR count). The third-order valence-corrected chi connectivity index (χ3v) is 9.39. The molecule has 2 aromatic carbocycles. The fourth-order valence-corrected chi connectivity index (χ4v) is 7.20. The molecule has 2 fully saturated rings. The van der Waals surface area contributed by atoms with Crippen LogP contribution < -0.4 is 4.74 Å². The van der Waals surface area contributed by atoms with E-state index in [4.69, 9.17) is 4.74 Å². The molecule has 2 aromatic rings. The Morgan fingerprint density at radius 1 is 1.00 bits per heavy atom. The van der Waals surface area contributed by atoms with Gasteiger partial charge in [-0.05, 0) is 48.2 Å². The first kappa shape index (κ1) is 24.6. The zero-order chi connectivity index (χ0) is 26.0. The first-order valence-corrected chi connectivity index (χ1v) is 12.7. The lowest BCUT2D eigenvalue weighted by molar-refractivity contribution is -0.0163. The fourth-order valence-electron chi connectivity index (χ4n) is 7.20. The second-order valence-electron chi connectivity index (χ2n) is 11.6. The molecule has 0 unspecified atom stereocenters. The van der Waals surface area contributed by atoms with E-state index in [-0.39, 0.29) is 40.1 Å². The number of fused-ring (bicyclic) bond motifs is 4. The molecule has 6 nitrogen and oxygen atoms in total. The molecule has 2 aliphatic carbocycles. The van der Waals surface area contributed by atoms with Gasteiger partial charge in [-0.3, -0.25) is 9.59 Å². The normalized spacial score (nSPS) is 32.8. The molecule has 1 aliphatic heterocycles. The first-order valence-electron chi connectivity index (χ1n) is 12.7. The minimum atomic E-state index is -0.650. The standard InChI is InChI=1S/C30H34O6/c1-16-10-11-20-24(29(20,2)3)28-30(4,13-12-21(16)33)23(17-8-6-5-7-9-17)22-26(35)18(14-31)25(34)19(15-32)27(22)36-28/h5-9,14-15,20-21,23-24,28,33-35H,1,10-13H2,2-4H3/t20-,21-,23+,24-,28+,30-/m1/s1. The molecular formula is C30H34O6. The van der Waals surface area contributed by atoms with Crippen LogP contribution in [0.25, 0.3) is 0 Å². The summed E-state index contributed by atoms with van der Waals surface area (Å²) >= 11 is 0. The van der Waals surface area contributed by atoms with Crippen molar-refractivity contribution in [1.29, 1.82) is 0 Å². The van der Waals surface area contributed by atoms with Crippen LogP contribution in [-0.2, 0) is 0 Å². The van der Waals surface area contributed by atoms with Gasteiger partial charge in [0.25, 0.3) is 0 Å². The van der Waals surface area contributed by atoms with Gasteiger partial charge in [-0.15, -0.1) is 0 Å². The Morgan fingerprint density at radius 3 is 2.31 bits per heavy atom. The minimum absolute atomic E-state index is 0.0333. The summed E-state index contributed by atoms with van der Waals surface area (Å²) in [6.45, 7) is 10.7. The zero-order valence-corrected chi connectivity index (χ0v) is 21.0. The van der Waals surface area contributed by atoms with Crippen LogP contribution in [0.1, 0.15) is 84.2 Å². The topological polar surface area (TPSA) is 104 Å². The van der Waals surface area contributed by atoms with Gasteiger partial charge < -0.3 is 20.1 Å². The average molecular weight is 491 g/mol. The van der Waals surface area contributed by atoms with E-state index in [0.29, 0.717) is 36.9 Å². The Labute approximate surface area is 211 Å². The lowest BCUT2D eigenvalue weighted by Crippen LogP contribution is -2.49. The predicted molar refractivity (Wildman–Crippen MR) is 136 cm³/mol. The van der Waals surface area contributed by atoms with E-state index in [1.807, 2.05) is 30.3 Å². The molecule has 0 spiro atoms. The van der Waals surface area contributed by atoms with E-state index in [1.165, 1.54) is 0 Å². The summed E-state index contributed by atoms with van der Waals surface area (Å²) < 4.78 is 6.69. The molecule has 3 aliphatic rings. The third-order valence-electron chi connectivity index (χ3n) is 9.39. The van der Waals surface area contributed by atoms with Crippen molar-refractivity contribution in [3.05, 3.63) is 64.7 Å². The van der Waals surface area contributed by atoms with Gasteiger partial charge in [-0.25, -0.2) is 0 Å². The Kier molecular flexibility index (Phi) is 5.79. The highest BCUT2D eigenvalue weighted by Gasteiger charge is 2.67. The van der Waals surface area contributed by atoms with Crippen LogP contribution in [0.5, 0.6) is 17.2 Å². The fraction of sp³-hybridized carbons (Fsp3) is 0.467. The monoisotopic (exact) mass is 490 g/mol. The second-order valence-corrected chi connectivity index (χ2v) is 11.6. The van der Waals surface area contributed by atoms with Crippen LogP contribution >= 0.6 is 0 Å². The summed E-state index contributed by atoms with van der Waals surface area (Å²) in [4.78, 5) is 24.1. The minimum Gasteiger partial charge on any atom is -0.507 e. The molecule has 0 amide bonds. The molecule has 6 heteroatoms. The maximum absolute atomic E-state index is 12.2. The maximum Gasteiger partial charge on any atom is 0.157 e. The summed E-state index contributed by atoms with van der Waals surface area (Å²) in [7, 11) is 0.